The van der Waals surface area contributed by atoms with Crippen molar-refractivity contribution in [3.05, 3.63) is 21.4 Å². The Hall–Kier alpha value is -0.870. The Labute approximate surface area is 119 Å². The van der Waals surface area contributed by atoms with E-state index in [1.54, 1.807) is 0 Å². The molecule has 4 heteroatoms. The molecule has 106 valence electrons. The van der Waals surface area contributed by atoms with Gasteiger partial charge >= 0.3 is 5.97 Å². The van der Waals surface area contributed by atoms with Crippen LogP contribution in [0.25, 0.3) is 0 Å². The van der Waals surface area contributed by atoms with Gasteiger partial charge in [0.05, 0.1) is 12.5 Å². The molecule has 1 saturated heterocycles. The lowest BCUT2D eigenvalue weighted by atomic mass is 9.97. The molecule has 1 aromatic rings. The first-order valence-electron chi connectivity index (χ1n) is 7.04. The molecule has 0 aliphatic carbocycles. The zero-order valence-corrected chi connectivity index (χ0v) is 12.9. The molecule has 2 heterocycles. The van der Waals surface area contributed by atoms with E-state index < -0.39 is 0 Å². The predicted molar refractivity (Wildman–Crippen MR) is 78.4 cm³/mol. The smallest absolute Gasteiger partial charge is 0.310 e. The van der Waals surface area contributed by atoms with Gasteiger partial charge in [-0.3, -0.25) is 9.69 Å². The summed E-state index contributed by atoms with van der Waals surface area (Å²) in [5, 5.41) is 2.25. The molecule has 1 fully saturated rings. The zero-order valence-electron chi connectivity index (χ0n) is 12.1. The number of aryl methyl sites for hydroxylation is 1. The van der Waals surface area contributed by atoms with Crippen LogP contribution in [0.4, 0.5) is 0 Å². The third kappa shape index (κ3) is 3.57. The van der Waals surface area contributed by atoms with E-state index in [1.807, 2.05) is 18.3 Å². The molecule has 1 aromatic heterocycles. The molecule has 2 rings (SSSR count). The molecule has 0 amide bonds. The van der Waals surface area contributed by atoms with Gasteiger partial charge in [-0.05, 0) is 56.7 Å². The highest BCUT2D eigenvalue weighted by Crippen LogP contribution is 2.25. The zero-order chi connectivity index (χ0) is 13.8. The maximum Gasteiger partial charge on any atom is 0.310 e. The molecular weight excluding hydrogens is 258 g/mol. The number of ether oxygens (including phenoxy) is 1. The van der Waals surface area contributed by atoms with Crippen LogP contribution in [0.15, 0.2) is 5.38 Å². The fourth-order valence-corrected chi connectivity index (χ4v) is 3.49. The fraction of sp³-hybridized carbons (Fsp3) is 0.667. The van der Waals surface area contributed by atoms with Crippen molar-refractivity contribution < 1.29 is 9.53 Å². The van der Waals surface area contributed by atoms with Crippen molar-refractivity contribution in [3.63, 3.8) is 0 Å². The Morgan fingerprint density at radius 2 is 2.32 bits per heavy atom. The molecule has 0 aromatic carbocycles. The number of carbonyl (C=O) groups is 1. The van der Waals surface area contributed by atoms with E-state index in [4.69, 9.17) is 4.74 Å². The summed E-state index contributed by atoms with van der Waals surface area (Å²) in [6.07, 6.45) is 2.06. The predicted octanol–water partition coefficient (Wildman–Crippen LogP) is 3.14. The van der Waals surface area contributed by atoms with E-state index in [0.29, 0.717) is 6.61 Å². The molecule has 1 aliphatic heterocycles. The molecule has 0 N–H and O–H groups in total. The van der Waals surface area contributed by atoms with Crippen LogP contribution in [0.1, 0.15) is 35.8 Å². The van der Waals surface area contributed by atoms with Crippen molar-refractivity contribution in [3.8, 4) is 0 Å². The van der Waals surface area contributed by atoms with Gasteiger partial charge in [-0.2, -0.15) is 0 Å². The van der Waals surface area contributed by atoms with Crippen molar-refractivity contribution in [1.82, 2.24) is 4.90 Å². The summed E-state index contributed by atoms with van der Waals surface area (Å²) in [7, 11) is 0. The molecule has 0 radical (unpaired) electrons. The van der Waals surface area contributed by atoms with E-state index in [0.717, 1.165) is 32.5 Å². The third-order valence-corrected chi connectivity index (χ3v) is 4.97. The Balaban J connectivity index is 1.94. The van der Waals surface area contributed by atoms with Crippen molar-refractivity contribution >= 4 is 17.3 Å². The Kier molecular flexibility index (Phi) is 4.99. The third-order valence-electron chi connectivity index (χ3n) is 3.91. The van der Waals surface area contributed by atoms with E-state index in [9.17, 15) is 4.79 Å². The minimum Gasteiger partial charge on any atom is -0.466 e. The summed E-state index contributed by atoms with van der Waals surface area (Å²) in [5.41, 5.74) is 2.82. The van der Waals surface area contributed by atoms with Gasteiger partial charge in [0, 0.05) is 18.0 Å². The minimum atomic E-state index is -0.0228. The van der Waals surface area contributed by atoms with Crippen molar-refractivity contribution in [2.75, 3.05) is 19.7 Å². The second kappa shape index (κ2) is 6.53. The van der Waals surface area contributed by atoms with Gasteiger partial charge in [0.15, 0.2) is 0 Å². The van der Waals surface area contributed by atoms with E-state index in [-0.39, 0.29) is 11.9 Å². The van der Waals surface area contributed by atoms with Crippen LogP contribution >= 0.6 is 11.3 Å². The maximum atomic E-state index is 11.8. The highest BCUT2D eigenvalue weighted by molar-refractivity contribution is 7.10. The highest BCUT2D eigenvalue weighted by atomic mass is 32.1. The van der Waals surface area contributed by atoms with Gasteiger partial charge in [-0.25, -0.2) is 0 Å². The number of nitrogens with zero attached hydrogens (tertiary/aromatic N) is 1. The quantitative estimate of drug-likeness (QED) is 0.794. The molecule has 1 unspecified atom stereocenters. The standard InChI is InChI=1S/C15H23NO2S/c1-4-18-15(17)13-6-5-7-16(8-13)9-14-10-19-12(3)11(14)2/h10,13H,4-9H2,1-3H3. The molecule has 0 bridgehead atoms. The number of esters is 1. The Morgan fingerprint density at radius 1 is 1.53 bits per heavy atom. The molecule has 1 atom stereocenters. The van der Waals surface area contributed by atoms with Gasteiger partial charge < -0.3 is 4.74 Å². The maximum absolute atomic E-state index is 11.8. The first-order valence-corrected chi connectivity index (χ1v) is 7.92. The summed E-state index contributed by atoms with van der Waals surface area (Å²) < 4.78 is 5.14. The first kappa shape index (κ1) is 14.5. The second-order valence-electron chi connectivity index (χ2n) is 5.27. The number of rotatable bonds is 4. The minimum absolute atomic E-state index is 0.0228. The van der Waals surface area contributed by atoms with Gasteiger partial charge in [0.1, 0.15) is 0 Å². The van der Waals surface area contributed by atoms with Gasteiger partial charge in [-0.1, -0.05) is 0 Å². The lowest BCUT2D eigenvalue weighted by molar-refractivity contribution is -0.150. The largest absolute Gasteiger partial charge is 0.466 e. The van der Waals surface area contributed by atoms with Crippen molar-refractivity contribution in [2.45, 2.75) is 40.2 Å². The van der Waals surface area contributed by atoms with E-state index in [2.05, 4.69) is 24.1 Å². The first-order chi connectivity index (χ1) is 9.11. The van der Waals surface area contributed by atoms with Crippen LogP contribution in [-0.2, 0) is 16.1 Å². The molecule has 0 saturated carbocycles. The molecule has 3 nitrogen and oxygen atoms in total. The average molecular weight is 281 g/mol. The second-order valence-corrected chi connectivity index (χ2v) is 6.35. The van der Waals surface area contributed by atoms with E-state index >= 15 is 0 Å². The Bertz CT molecular complexity index is 441. The van der Waals surface area contributed by atoms with Crippen LogP contribution in [0.3, 0.4) is 0 Å². The lowest BCUT2D eigenvalue weighted by Gasteiger charge is -2.31. The van der Waals surface area contributed by atoms with Crippen LogP contribution in [0.2, 0.25) is 0 Å². The number of hydrogen-bond acceptors (Lipinski definition) is 4. The number of likely N-dealkylation sites (tertiary alicyclic amines) is 1. The molecule has 0 spiro atoms. The number of hydrogen-bond donors (Lipinski definition) is 0. The highest BCUT2D eigenvalue weighted by Gasteiger charge is 2.27. The van der Waals surface area contributed by atoms with Gasteiger partial charge in [0.25, 0.3) is 0 Å². The van der Waals surface area contributed by atoms with Crippen LogP contribution in [-0.4, -0.2) is 30.6 Å². The molecule has 19 heavy (non-hydrogen) atoms. The molecule has 1 aliphatic rings. The summed E-state index contributed by atoms with van der Waals surface area (Å²) in [6.45, 7) is 9.60. The summed E-state index contributed by atoms with van der Waals surface area (Å²) in [6, 6.07) is 0. The van der Waals surface area contributed by atoms with Crippen molar-refractivity contribution in [1.29, 1.82) is 0 Å². The monoisotopic (exact) mass is 281 g/mol. The van der Waals surface area contributed by atoms with Gasteiger partial charge in [0.2, 0.25) is 0 Å². The summed E-state index contributed by atoms with van der Waals surface area (Å²) in [5.74, 6) is 0.0409. The van der Waals surface area contributed by atoms with Crippen LogP contribution < -0.4 is 0 Å². The fourth-order valence-electron chi connectivity index (χ4n) is 2.61. The SMILES string of the molecule is CCOC(=O)C1CCCN(Cc2csc(C)c2C)C1. The summed E-state index contributed by atoms with van der Waals surface area (Å²) in [4.78, 5) is 15.6. The van der Waals surface area contributed by atoms with E-state index in [1.165, 1.54) is 16.0 Å². The van der Waals surface area contributed by atoms with Crippen LogP contribution in [0.5, 0.6) is 0 Å². The topological polar surface area (TPSA) is 29.5 Å². The number of piperidine rings is 1. The van der Waals surface area contributed by atoms with Gasteiger partial charge in [-0.15, -0.1) is 11.3 Å². The average Bonchev–Trinajstić information content (AvgIpc) is 2.71. The lowest BCUT2D eigenvalue weighted by Crippen LogP contribution is -2.38. The van der Waals surface area contributed by atoms with Crippen LogP contribution in [0, 0.1) is 19.8 Å². The number of thiophene rings is 1. The van der Waals surface area contributed by atoms with Crippen molar-refractivity contribution in [2.24, 2.45) is 5.92 Å². The molecular formula is C15H23NO2S. The summed E-state index contributed by atoms with van der Waals surface area (Å²) >= 11 is 1.82. The number of carbonyl (C=O) groups excluding carboxylic acids is 1. The Morgan fingerprint density at radius 3 is 2.95 bits per heavy atom. The normalized spacial score (nSPS) is 20.5.